The summed E-state index contributed by atoms with van der Waals surface area (Å²) in [6, 6.07) is 25.2. The van der Waals surface area contributed by atoms with Crippen LogP contribution in [0.25, 0.3) is 11.0 Å². The number of carbonyl (C=O) groups excluding carboxylic acids is 1. The molecule has 4 aromatic rings. The molecule has 0 saturated carbocycles. The summed E-state index contributed by atoms with van der Waals surface area (Å²) < 4.78 is 7.92. The Balaban J connectivity index is 1.31. The molecule has 0 unspecified atom stereocenters. The first-order valence-electron chi connectivity index (χ1n) is 9.75. The number of hydrogen-bond donors (Lipinski definition) is 1. The molecule has 1 N–H and O–H groups in total. The highest BCUT2D eigenvalue weighted by Gasteiger charge is 2.11. The molecule has 0 saturated heterocycles. The predicted octanol–water partition coefficient (Wildman–Crippen LogP) is 4.44. The van der Waals surface area contributed by atoms with E-state index >= 15 is 0 Å². The zero-order valence-corrected chi connectivity index (χ0v) is 16.1. The molecule has 0 aliphatic carbocycles. The molecule has 1 heterocycles. The molecule has 0 aliphatic heterocycles. The van der Waals surface area contributed by atoms with Crippen molar-refractivity contribution >= 4 is 16.9 Å². The topological polar surface area (TPSA) is 56.2 Å². The van der Waals surface area contributed by atoms with Gasteiger partial charge in [-0.15, -0.1) is 0 Å². The minimum atomic E-state index is -0.0762. The summed E-state index contributed by atoms with van der Waals surface area (Å²) in [5, 5.41) is 3.02. The molecular formula is C24H23N3O2. The number of aryl methyl sites for hydroxylation is 1. The fourth-order valence-corrected chi connectivity index (χ4v) is 3.28. The Morgan fingerprint density at radius 3 is 2.59 bits per heavy atom. The fourth-order valence-electron chi connectivity index (χ4n) is 3.28. The van der Waals surface area contributed by atoms with Gasteiger partial charge >= 0.3 is 0 Å². The molecule has 0 spiro atoms. The van der Waals surface area contributed by atoms with Crippen LogP contribution in [0.2, 0.25) is 0 Å². The molecule has 0 aliphatic rings. The Labute approximate surface area is 170 Å². The van der Waals surface area contributed by atoms with E-state index in [1.165, 1.54) is 0 Å². The SMILES string of the molecule is O=C(NCCCn1cnc2ccccc21)c1ccccc1COc1ccccc1. The van der Waals surface area contributed by atoms with Crippen LogP contribution in [-0.4, -0.2) is 22.0 Å². The van der Waals surface area contributed by atoms with Crippen molar-refractivity contribution in [3.8, 4) is 5.75 Å². The van der Waals surface area contributed by atoms with Crippen LogP contribution in [0.5, 0.6) is 5.75 Å². The van der Waals surface area contributed by atoms with Crippen LogP contribution >= 0.6 is 0 Å². The van der Waals surface area contributed by atoms with Gasteiger partial charge in [-0.3, -0.25) is 4.79 Å². The lowest BCUT2D eigenvalue weighted by Gasteiger charge is -2.12. The number of fused-ring (bicyclic) bond motifs is 1. The molecule has 0 fully saturated rings. The number of amides is 1. The van der Waals surface area contributed by atoms with E-state index in [2.05, 4.69) is 20.9 Å². The van der Waals surface area contributed by atoms with E-state index in [9.17, 15) is 4.79 Å². The molecule has 1 amide bonds. The molecule has 3 aromatic carbocycles. The Morgan fingerprint density at radius 1 is 0.931 bits per heavy atom. The number of para-hydroxylation sites is 3. The van der Waals surface area contributed by atoms with Crippen LogP contribution in [0.3, 0.4) is 0 Å². The predicted molar refractivity (Wildman–Crippen MR) is 114 cm³/mol. The first-order chi connectivity index (χ1) is 14.3. The molecule has 5 heteroatoms. The molecule has 0 radical (unpaired) electrons. The number of rotatable bonds is 8. The molecule has 0 bridgehead atoms. The first kappa shape index (κ1) is 18.7. The van der Waals surface area contributed by atoms with Crippen molar-refractivity contribution in [2.75, 3.05) is 6.54 Å². The molecule has 0 atom stereocenters. The van der Waals surface area contributed by atoms with Gasteiger partial charge in [0.1, 0.15) is 12.4 Å². The van der Waals surface area contributed by atoms with E-state index in [0.29, 0.717) is 18.7 Å². The summed E-state index contributed by atoms with van der Waals surface area (Å²) in [5.74, 6) is 0.711. The van der Waals surface area contributed by atoms with Crippen LogP contribution in [0.15, 0.2) is 85.2 Å². The monoisotopic (exact) mass is 385 g/mol. The average molecular weight is 385 g/mol. The smallest absolute Gasteiger partial charge is 0.251 e. The van der Waals surface area contributed by atoms with Crippen molar-refractivity contribution < 1.29 is 9.53 Å². The minimum Gasteiger partial charge on any atom is -0.489 e. The van der Waals surface area contributed by atoms with E-state index in [-0.39, 0.29) is 5.91 Å². The standard InChI is InChI=1S/C24H23N3O2/c28-24(25-15-8-16-27-18-26-22-13-6-7-14-23(22)27)21-12-5-4-9-19(21)17-29-20-10-2-1-3-11-20/h1-7,9-14,18H,8,15-17H2,(H,25,28). The highest BCUT2D eigenvalue weighted by Crippen LogP contribution is 2.15. The van der Waals surface area contributed by atoms with Crippen LogP contribution in [-0.2, 0) is 13.2 Å². The normalized spacial score (nSPS) is 10.8. The van der Waals surface area contributed by atoms with Gasteiger partial charge in [-0.1, -0.05) is 48.5 Å². The maximum absolute atomic E-state index is 12.7. The molecule has 146 valence electrons. The van der Waals surface area contributed by atoms with Gasteiger partial charge in [0.2, 0.25) is 0 Å². The highest BCUT2D eigenvalue weighted by atomic mass is 16.5. The number of imidazole rings is 1. The zero-order valence-electron chi connectivity index (χ0n) is 16.1. The van der Waals surface area contributed by atoms with Crippen molar-refractivity contribution in [3.05, 3.63) is 96.3 Å². The number of carbonyl (C=O) groups is 1. The van der Waals surface area contributed by atoms with Gasteiger partial charge in [0.05, 0.1) is 17.4 Å². The van der Waals surface area contributed by atoms with Crippen LogP contribution in [0.4, 0.5) is 0 Å². The minimum absolute atomic E-state index is 0.0762. The third kappa shape index (κ3) is 4.63. The number of benzene rings is 3. The third-order valence-electron chi connectivity index (χ3n) is 4.79. The number of nitrogens with one attached hydrogen (secondary N) is 1. The third-order valence-corrected chi connectivity index (χ3v) is 4.79. The molecule has 1 aromatic heterocycles. The summed E-state index contributed by atoms with van der Waals surface area (Å²) in [6.45, 7) is 1.76. The summed E-state index contributed by atoms with van der Waals surface area (Å²) >= 11 is 0. The van der Waals surface area contributed by atoms with E-state index in [0.717, 1.165) is 35.3 Å². The second-order valence-electron chi connectivity index (χ2n) is 6.80. The second kappa shape index (κ2) is 9.06. The van der Waals surface area contributed by atoms with Gasteiger partial charge in [-0.2, -0.15) is 0 Å². The fraction of sp³-hybridized carbons (Fsp3) is 0.167. The van der Waals surface area contributed by atoms with E-state index in [1.807, 2.05) is 79.1 Å². The van der Waals surface area contributed by atoms with Crippen LogP contribution in [0.1, 0.15) is 22.3 Å². The zero-order chi connectivity index (χ0) is 19.9. The Morgan fingerprint density at radius 2 is 1.69 bits per heavy atom. The average Bonchev–Trinajstić information content (AvgIpc) is 3.19. The summed E-state index contributed by atoms with van der Waals surface area (Å²) in [4.78, 5) is 17.1. The number of hydrogen-bond acceptors (Lipinski definition) is 3. The number of aromatic nitrogens is 2. The van der Waals surface area contributed by atoms with Gasteiger partial charge in [0, 0.05) is 24.2 Å². The lowest BCUT2D eigenvalue weighted by Crippen LogP contribution is -2.26. The molecular weight excluding hydrogens is 362 g/mol. The van der Waals surface area contributed by atoms with Crippen LogP contribution in [0, 0.1) is 0 Å². The highest BCUT2D eigenvalue weighted by molar-refractivity contribution is 5.95. The van der Waals surface area contributed by atoms with E-state index in [1.54, 1.807) is 0 Å². The lowest BCUT2D eigenvalue weighted by atomic mass is 10.1. The van der Waals surface area contributed by atoms with Crippen molar-refractivity contribution in [3.63, 3.8) is 0 Å². The lowest BCUT2D eigenvalue weighted by molar-refractivity contribution is 0.0950. The largest absolute Gasteiger partial charge is 0.489 e. The van der Waals surface area contributed by atoms with E-state index < -0.39 is 0 Å². The second-order valence-corrected chi connectivity index (χ2v) is 6.80. The van der Waals surface area contributed by atoms with E-state index in [4.69, 9.17) is 4.74 Å². The molecule has 29 heavy (non-hydrogen) atoms. The van der Waals surface area contributed by atoms with Crippen molar-refractivity contribution in [2.24, 2.45) is 0 Å². The summed E-state index contributed by atoms with van der Waals surface area (Å²) in [5.41, 5.74) is 3.62. The first-order valence-corrected chi connectivity index (χ1v) is 9.75. The van der Waals surface area contributed by atoms with Gasteiger partial charge in [0.15, 0.2) is 0 Å². The summed E-state index contributed by atoms with van der Waals surface area (Å²) in [7, 11) is 0. The van der Waals surface area contributed by atoms with Gasteiger partial charge in [-0.05, 0) is 36.8 Å². The quantitative estimate of drug-likeness (QED) is 0.456. The maximum Gasteiger partial charge on any atom is 0.251 e. The maximum atomic E-state index is 12.7. The number of nitrogens with zero attached hydrogens (tertiary/aromatic N) is 2. The Kier molecular flexibility index (Phi) is 5.86. The number of ether oxygens (including phenoxy) is 1. The van der Waals surface area contributed by atoms with Gasteiger partial charge < -0.3 is 14.6 Å². The van der Waals surface area contributed by atoms with Crippen LogP contribution < -0.4 is 10.1 Å². The Hall–Kier alpha value is -3.60. The van der Waals surface area contributed by atoms with Gasteiger partial charge in [0.25, 0.3) is 5.91 Å². The summed E-state index contributed by atoms with van der Waals surface area (Å²) in [6.07, 6.45) is 2.68. The van der Waals surface area contributed by atoms with Gasteiger partial charge in [-0.25, -0.2) is 4.98 Å². The van der Waals surface area contributed by atoms with Crippen molar-refractivity contribution in [1.82, 2.24) is 14.9 Å². The van der Waals surface area contributed by atoms with Crippen molar-refractivity contribution in [1.29, 1.82) is 0 Å². The molecule has 4 rings (SSSR count). The molecule has 5 nitrogen and oxygen atoms in total. The van der Waals surface area contributed by atoms with Crippen molar-refractivity contribution in [2.45, 2.75) is 19.6 Å². The Bertz CT molecular complexity index is 1090.